The van der Waals surface area contributed by atoms with Crippen LogP contribution in [0.2, 0.25) is 5.02 Å². The standard InChI is InChI=1S/C16H17BrClNO/c1-3-19-10-12-4-6-14(8-11(12)2)20-16-9-13(17)5-7-15(16)18/h4-9,19H,3,10H2,1-2H3. The molecule has 0 aliphatic heterocycles. The van der Waals surface area contributed by atoms with E-state index >= 15 is 0 Å². The third-order valence-electron chi connectivity index (χ3n) is 3.00. The molecule has 2 rings (SSSR count). The zero-order valence-electron chi connectivity index (χ0n) is 11.5. The van der Waals surface area contributed by atoms with Gasteiger partial charge in [0.2, 0.25) is 0 Å². The lowest BCUT2D eigenvalue weighted by molar-refractivity contribution is 0.482. The Morgan fingerprint density at radius 1 is 1.20 bits per heavy atom. The molecule has 0 unspecified atom stereocenters. The summed E-state index contributed by atoms with van der Waals surface area (Å²) in [6, 6.07) is 11.7. The summed E-state index contributed by atoms with van der Waals surface area (Å²) in [5.41, 5.74) is 2.48. The zero-order chi connectivity index (χ0) is 14.5. The van der Waals surface area contributed by atoms with E-state index in [0.29, 0.717) is 10.8 Å². The lowest BCUT2D eigenvalue weighted by Gasteiger charge is -2.11. The fourth-order valence-corrected chi connectivity index (χ4v) is 2.37. The van der Waals surface area contributed by atoms with Gasteiger partial charge in [0.05, 0.1) is 5.02 Å². The molecule has 1 N–H and O–H groups in total. The number of benzene rings is 2. The highest BCUT2D eigenvalue weighted by Gasteiger charge is 2.06. The van der Waals surface area contributed by atoms with Gasteiger partial charge >= 0.3 is 0 Å². The van der Waals surface area contributed by atoms with E-state index in [2.05, 4.69) is 41.2 Å². The zero-order valence-corrected chi connectivity index (χ0v) is 13.9. The van der Waals surface area contributed by atoms with E-state index in [-0.39, 0.29) is 0 Å². The highest BCUT2D eigenvalue weighted by atomic mass is 79.9. The molecule has 0 aliphatic rings. The van der Waals surface area contributed by atoms with Crippen molar-refractivity contribution in [2.75, 3.05) is 6.54 Å². The highest BCUT2D eigenvalue weighted by Crippen LogP contribution is 2.32. The molecule has 2 aromatic rings. The van der Waals surface area contributed by atoms with Crippen molar-refractivity contribution in [3.63, 3.8) is 0 Å². The van der Waals surface area contributed by atoms with E-state index < -0.39 is 0 Å². The van der Waals surface area contributed by atoms with E-state index in [9.17, 15) is 0 Å². The third kappa shape index (κ3) is 3.98. The summed E-state index contributed by atoms with van der Waals surface area (Å²) >= 11 is 9.55. The minimum Gasteiger partial charge on any atom is -0.456 e. The molecule has 20 heavy (non-hydrogen) atoms. The molecule has 0 spiro atoms. The molecule has 0 heterocycles. The quantitative estimate of drug-likeness (QED) is 0.785. The van der Waals surface area contributed by atoms with Crippen LogP contribution in [0.15, 0.2) is 40.9 Å². The molecule has 4 heteroatoms. The molecule has 0 radical (unpaired) electrons. The van der Waals surface area contributed by atoms with Crippen LogP contribution in [0.25, 0.3) is 0 Å². The Bertz CT molecular complexity index is 601. The number of aryl methyl sites for hydroxylation is 1. The fourth-order valence-electron chi connectivity index (χ4n) is 1.87. The minimum atomic E-state index is 0.600. The normalized spacial score (nSPS) is 10.6. The van der Waals surface area contributed by atoms with Crippen molar-refractivity contribution >= 4 is 27.5 Å². The minimum absolute atomic E-state index is 0.600. The Morgan fingerprint density at radius 2 is 2.00 bits per heavy atom. The van der Waals surface area contributed by atoms with Crippen LogP contribution in [-0.4, -0.2) is 6.54 Å². The van der Waals surface area contributed by atoms with Crippen molar-refractivity contribution in [1.29, 1.82) is 0 Å². The largest absolute Gasteiger partial charge is 0.456 e. The molecule has 0 amide bonds. The van der Waals surface area contributed by atoms with Crippen LogP contribution in [0, 0.1) is 6.92 Å². The van der Waals surface area contributed by atoms with Crippen molar-refractivity contribution in [2.45, 2.75) is 20.4 Å². The first-order valence-corrected chi connectivity index (χ1v) is 7.70. The van der Waals surface area contributed by atoms with Crippen molar-refractivity contribution in [2.24, 2.45) is 0 Å². The Balaban J connectivity index is 2.17. The molecular formula is C16H17BrClNO. The lowest BCUT2D eigenvalue weighted by Crippen LogP contribution is -2.12. The average Bonchev–Trinajstić information content (AvgIpc) is 2.42. The van der Waals surface area contributed by atoms with Crippen molar-refractivity contribution in [3.05, 3.63) is 57.0 Å². The van der Waals surface area contributed by atoms with Crippen LogP contribution >= 0.6 is 27.5 Å². The Labute approximate surface area is 133 Å². The highest BCUT2D eigenvalue weighted by molar-refractivity contribution is 9.10. The molecule has 2 aromatic carbocycles. The third-order valence-corrected chi connectivity index (χ3v) is 3.81. The van der Waals surface area contributed by atoms with Gasteiger partial charge in [-0.25, -0.2) is 0 Å². The molecule has 0 bridgehead atoms. The smallest absolute Gasteiger partial charge is 0.147 e. The van der Waals surface area contributed by atoms with Gasteiger partial charge < -0.3 is 10.1 Å². The summed E-state index contributed by atoms with van der Waals surface area (Å²) in [7, 11) is 0. The predicted molar refractivity (Wildman–Crippen MR) is 87.8 cm³/mol. The second-order valence-electron chi connectivity index (χ2n) is 4.55. The number of hydrogen-bond acceptors (Lipinski definition) is 2. The molecule has 2 nitrogen and oxygen atoms in total. The van der Waals surface area contributed by atoms with Crippen LogP contribution in [-0.2, 0) is 6.54 Å². The second-order valence-corrected chi connectivity index (χ2v) is 5.87. The summed E-state index contributed by atoms with van der Waals surface area (Å²) in [5.74, 6) is 1.45. The van der Waals surface area contributed by atoms with E-state index in [1.807, 2.05) is 30.3 Å². The van der Waals surface area contributed by atoms with E-state index in [1.165, 1.54) is 11.1 Å². The van der Waals surface area contributed by atoms with Crippen molar-refractivity contribution < 1.29 is 4.74 Å². The lowest BCUT2D eigenvalue weighted by atomic mass is 10.1. The van der Waals surface area contributed by atoms with Gasteiger partial charge in [-0.3, -0.25) is 0 Å². The summed E-state index contributed by atoms with van der Waals surface area (Å²) in [5, 5.41) is 3.92. The van der Waals surface area contributed by atoms with E-state index in [0.717, 1.165) is 23.3 Å². The number of nitrogens with one attached hydrogen (secondary N) is 1. The molecule has 0 saturated heterocycles. The van der Waals surface area contributed by atoms with Crippen LogP contribution in [0.1, 0.15) is 18.1 Å². The molecule has 0 fully saturated rings. The summed E-state index contributed by atoms with van der Waals surface area (Å²) in [6.07, 6.45) is 0. The number of rotatable bonds is 5. The van der Waals surface area contributed by atoms with Crippen molar-refractivity contribution in [3.8, 4) is 11.5 Å². The van der Waals surface area contributed by atoms with E-state index in [4.69, 9.17) is 16.3 Å². The van der Waals surface area contributed by atoms with Gasteiger partial charge in [0, 0.05) is 11.0 Å². The van der Waals surface area contributed by atoms with Crippen LogP contribution in [0.3, 0.4) is 0 Å². The topological polar surface area (TPSA) is 21.3 Å². The van der Waals surface area contributed by atoms with Gasteiger partial charge in [0.15, 0.2) is 0 Å². The Morgan fingerprint density at radius 3 is 2.70 bits per heavy atom. The van der Waals surface area contributed by atoms with E-state index in [1.54, 1.807) is 0 Å². The molecule has 106 valence electrons. The fraction of sp³-hybridized carbons (Fsp3) is 0.250. The first-order valence-electron chi connectivity index (χ1n) is 6.53. The van der Waals surface area contributed by atoms with Gasteiger partial charge in [0.1, 0.15) is 11.5 Å². The van der Waals surface area contributed by atoms with Gasteiger partial charge in [-0.1, -0.05) is 40.5 Å². The average molecular weight is 355 g/mol. The van der Waals surface area contributed by atoms with Crippen LogP contribution in [0.5, 0.6) is 11.5 Å². The summed E-state index contributed by atoms with van der Waals surface area (Å²) in [4.78, 5) is 0. The first-order chi connectivity index (χ1) is 9.60. The molecule has 0 atom stereocenters. The van der Waals surface area contributed by atoms with Crippen LogP contribution < -0.4 is 10.1 Å². The molecule has 0 aromatic heterocycles. The maximum atomic E-state index is 6.13. The molecular weight excluding hydrogens is 338 g/mol. The van der Waals surface area contributed by atoms with Crippen molar-refractivity contribution in [1.82, 2.24) is 5.32 Å². The summed E-state index contributed by atoms with van der Waals surface area (Å²) in [6.45, 7) is 6.02. The maximum Gasteiger partial charge on any atom is 0.147 e. The van der Waals surface area contributed by atoms with Gasteiger partial charge in [0.25, 0.3) is 0 Å². The second kappa shape index (κ2) is 7.11. The number of ether oxygens (including phenoxy) is 1. The number of hydrogen-bond donors (Lipinski definition) is 1. The number of halogens is 2. The Hall–Kier alpha value is -1.03. The Kier molecular flexibility index (Phi) is 5.46. The van der Waals surface area contributed by atoms with Crippen LogP contribution in [0.4, 0.5) is 0 Å². The predicted octanol–water partition coefficient (Wildman–Crippen LogP) is 5.31. The molecule has 0 saturated carbocycles. The monoisotopic (exact) mass is 353 g/mol. The summed E-state index contributed by atoms with van der Waals surface area (Å²) < 4.78 is 6.79. The molecule has 0 aliphatic carbocycles. The first kappa shape index (κ1) is 15.4. The SMILES string of the molecule is CCNCc1ccc(Oc2cc(Br)ccc2Cl)cc1C. The van der Waals surface area contributed by atoms with Gasteiger partial charge in [-0.2, -0.15) is 0 Å². The van der Waals surface area contributed by atoms with Gasteiger partial charge in [-0.05, 0) is 54.9 Å². The maximum absolute atomic E-state index is 6.13. The van der Waals surface area contributed by atoms with Gasteiger partial charge in [-0.15, -0.1) is 0 Å².